The lowest BCUT2D eigenvalue weighted by atomic mass is 9.97. The lowest BCUT2D eigenvalue weighted by molar-refractivity contribution is 0.0641. The summed E-state index contributed by atoms with van der Waals surface area (Å²) < 4.78 is 22.2. The highest BCUT2D eigenvalue weighted by Gasteiger charge is 2.39. The summed E-state index contributed by atoms with van der Waals surface area (Å²) in [6.45, 7) is 1.04. The second-order valence-electron chi connectivity index (χ2n) is 15.9. The Bertz CT molecular complexity index is 4270. The van der Waals surface area contributed by atoms with Crippen LogP contribution in [0.15, 0.2) is 24.6 Å². The summed E-state index contributed by atoms with van der Waals surface area (Å²) in [5.41, 5.74) is -15.1. The lowest BCUT2D eigenvalue weighted by Crippen LogP contribution is -1.99. The number of fused-ring (bicyclic) bond motifs is 6. The van der Waals surface area contributed by atoms with Gasteiger partial charge in [0, 0.05) is 16.5 Å². The smallest absolute Gasteiger partial charge is 0.248 e. The van der Waals surface area contributed by atoms with Gasteiger partial charge in [0.15, 0.2) is 81.0 Å². The number of aromatic nitrogens is 2. The maximum Gasteiger partial charge on any atom is 0.248 e. The SMILES string of the molecule is Cc1c2c3c(O)c(O)c(O)c4ooc5c(O)c(-c6c(O)c(O)c(O)c(O)c6O)c(O)c(oocc(O)c6c2c2c(O)c(O)c(O)c(O)c2n6-c2c(O)c(O)c(O)c(-c6c(O)c(O)c(O)c(O)c6O)c2O)c5n1c43. The Labute approximate surface area is 394 Å². The minimum Gasteiger partial charge on any atom is -0.505 e. The van der Waals surface area contributed by atoms with Gasteiger partial charge in [0.25, 0.3) is 0 Å². The third-order valence-electron chi connectivity index (χ3n) is 12.2. The molecule has 0 radical (unpaired) electrons. The molecule has 0 spiro atoms. The highest BCUT2D eigenvalue weighted by atomic mass is 17.0. The average Bonchev–Trinajstić information content (AvgIpc) is 3.77. The maximum atomic E-state index is 12.2. The maximum absolute atomic E-state index is 12.2. The van der Waals surface area contributed by atoms with Crippen LogP contribution in [0.4, 0.5) is 0 Å². The van der Waals surface area contributed by atoms with Gasteiger partial charge in [0.1, 0.15) is 27.8 Å². The summed E-state index contributed by atoms with van der Waals surface area (Å²) in [6.07, 6.45) is 0.120. The van der Waals surface area contributed by atoms with Gasteiger partial charge in [-0.15, -0.1) is 0 Å². The summed E-state index contributed by atoms with van der Waals surface area (Å²) in [4.78, 5) is 0. The second kappa shape index (κ2) is 14.3. The molecule has 4 heterocycles. The van der Waals surface area contributed by atoms with Crippen molar-refractivity contribution >= 4 is 60.4 Å². The number of nitrogens with zero attached hydrogens (tertiary/aromatic N) is 2. The molecule has 10 rings (SSSR count). The van der Waals surface area contributed by atoms with Crippen LogP contribution in [-0.4, -0.2) is 132 Å². The predicted octanol–water partition coefficient (Wildman–Crippen LogP) is 5.13. The Kier molecular flexibility index (Phi) is 8.87. The van der Waals surface area contributed by atoms with E-state index in [4.69, 9.17) is 18.3 Å². The molecule has 0 unspecified atom stereocenters. The molecule has 0 amide bonds. The average molecular weight is 1020 g/mol. The van der Waals surface area contributed by atoms with Crippen molar-refractivity contribution in [2.75, 3.05) is 0 Å². The topological polar surface area (TPSA) is 547 Å². The second-order valence-corrected chi connectivity index (χ2v) is 15.9. The number of phenols is 23. The van der Waals surface area contributed by atoms with Crippen LogP contribution in [-0.2, 0) is 0 Å². The van der Waals surface area contributed by atoms with Crippen LogP contribution in [0, 0.1) is 6.92 Å². The predicted molar refractivity (Wildman–Crippen MR) is 235 cm³/mol. The fourth-order valence-electron chi connectivity index (χ4n) is 8.94. The highest BCUT2D eigenvalue weighted by molar-refractivity contribution is 6.30. The van der Waals surface area contributed by atoms with Gasteiger partial charge in [-0.05, 0) is 6.92 Å². The summed E-state index contributed by atoms with van der Waals surface area (Å²) in [6, 6.07) is 0. The van der Waals surface area contributed by atoms with Gasteiger partial charge in [0.2, 0.25) is 80.0 Å². The Hall–Kier alpha value is -11.5. The fourth-order valence-corrected chi connectivity index (χ4v) is 8.94. The van der Waals surface area contributed by atoms with E-state index < -0.39 is 232 Å². The van der Waals surface area contributed by atoms with Crippen LogP contribution in [0.25, 0.3) is 88.3 Å². The van der Waals surface area contributed by atoms with Crippen LogP contribution < -0.4 is 0 Å². The van der Waals surface area contributed by atoms with Crippen molar-refractivity contribution in [2.45, 2.75) is 6.92 Å². The van der Waals surface area contributed by atoms with Gasteiger partial charge in [-0.25, -0.2) is 0 Å². The Morgan fingerprint density at radius 2 is 0.644 bits per heavy atom. The third kappa shape index (κ3) is 5.21. The molecular formula is C43H28N2O28. The van der Waals surface area contributed by atoms with Gasteiger partial charge in [-0.1, -0.05) is 0 Å². The zero-order valence-corrected chi connectivity index (χ0v) is 35.3. The number of benzene rings is 6. The third-order valence-corrected chi connectivity index (χ3v) is 12.2. The highest BCUT2D eigenvalue weighted by Crippen LogP contribution is 2.65. The molecule has 0 saturated carbocycles. The van der Waals surface area contributed by atoms with Crippen molar-refractivity contribution in [3.63, 3.8) is 0 Å². The number of aromatic hydroxyl groups is 24. The Balaban J connectivity index is 1.57. The van der Waals surface area contributed by atoms with Crippen LogP contribution in [0.5, 0.6) is 138 Å². The molecular weight excluding hydrogens is 992 g/mol. The van der Waals surface area contributed by atoms with Gasteiger partial charge >= 0.3 is 0 Å². The molecule has 0 aliphatic carbocycles. The molecule has 30 nitrogen and oxygen atoms in total. The molecule has 73 heavy (non-hydrogen) atoms. The van der Waals surface area contributed by atoms with Gasteiger partial charge in [-0.2, -0.15) is 0 Å². The number of phenolic OH excluding ortho intramolecular Hbond substituents is 23. The first-order chi connectivity index (χ1) is 34.2. The van der Waals surface area contributed by atoms with Crippen molar-refractivity contribution in [3.8, 4) is 166 Å². The van der Waals surface area contributed by atoms with Crippen molar-refractivity contribution < 1.29 is 141 Å². The van der Waals surface area contributed by atoms with Gasteiger partial charge < -0.3 is 127 Å². The summed E-state index contributed by atoms with van der Waals surface area (Å²) >= 11 is 0. The molecule has 6 aromatic carbocycles. The first-order valence-electron chi connectivity index (χ1n) is 19.7. The van der Waals surface area contributed by atoms with Crippen LogP contribution >= 0.6 is 0 Å². The molecule has 0 saturated heterocycles. The molecule has 0 fully saturated rings. The molecule has 30 heteroatoms. The standard InChI is InChI=1S/C43H28N2O28/c1-3-5-6-8-14(28(57)37(66)31(60)20(8)49)45(16-18(47)9(21(50)30(59)29(16)58)10-22(51)32(61)38(67)33(62)23(10)52)13(6)4(46)2-70-71-42-17-43(73-72-41-15(44(3)17)7(5)19(48)36(65)40(41)69)27(56)12(26(42)55)11-24(53)34(63)39(68)35(64)25(11)54/h2,46-69H,1H3. The number of aryl methyl sites for hydroxylation is 1. The quantitative estimate of drug-likeness (QED) is 0.0619. The first-order valence-corrected chi connectivity index (χ1v) is 19.7. The van der Waals surface area contributed by atoms with Crippen LogP contribution in [0.2, 0.25) is 0 Å². The van der Waals surface area contributed by atoms with E-state index in [2.05, 4.69) is 0 Å². The zero-order valence-electron chi connectivity index (χ0n) is 35.3. The molecule has 0 aliphatic heterocycles. The van der Waals surface area contributed by atoms with E-state index in [1.807, 2.05) is 0 Å². The number of hydrogen-bond acceptors (Lipinski definition) is 28. The number of hydrogen-bond donors (Lipinski definition) is 24. The van der Waals surface area contributed by atoms with Crippen molar-refractivity contribution in [2.24, 2.45) is 0 Å². The molecule has 378 valence electrons. The minimum absolute atomic E-state index is 0.120. The van der Waals surface area contributed by atoms with Crippen molar-refractivity contribution in [1.29, 1.82) is 0 Å². The first kappa shape index (κ1) is 45.3. The van der Waals surface area contributed by atoms with Crippen LogP contribution in [0.3, 0.4) is 0 Å². The largest absolute Gasteiger partial charge is 0.505 e. The van der Waals surface area contributed by atoms with E-state index in [1.165, 1.54) is 0 Å². The van der Waals surface area contributed by atoms with E-state index >= 15 is 0 Å². The lowest BCUT2D eigenvalue weighted by Gasteiger charge is -2.20. The number of rotatable bonds is 3. The summed E-state index contributed by atoms with van der Waals surface area (Å²) in [5.74, 6) is -37.9. The Morgan fingerprint density at radius 3 is 1.14 bits per heavy atom. The van der Waals surface area contributed by atoms with E-state index in [1.54, 1.807) is 0 Å². The molecule has 2 bridgehead atoms. The van der Waals surface area contributed by atoms with Crippen molar-refractivity contribution in [1.82, 2.24) is 8.97 Å². The fraction of sp³-hybridized carbons (Fsp3) is 0.0233. The zero-order chi connectivity index (χ0) is 53.4. The molecule has 0 atom stereocenters. The minimum atomic E-state index is -1.77. The van der Waals surface area contributed by atoms with E-state index in [0.717, 1.165) is 11.3 Å². The van der Waals surface area contributed by atoms with Crippen LogP contribution in [0.1, 0.15) is 5.69 Å². The summed E-state index contributed by atoms with van der Waals surface area (Å²) in [5, 5.41) is 264. The molecule has 0 aliphatic rings. The summed E-state index contributed by atoms with van der Waals surface area (Å²) in [7, 11) is 0. The van der Waals surface area contributed by atoms with E-state index in [9.17, 15) is 123 Å². The Morgan fingerprint density at radius 1 is 0.288 bits per heavy atom. The molecule has 10 aromatic rings. The van der Waals surface area contributed by atoms with E-state index in [-0.39, 0.29) is 10.8 Å². The molecule has 4 aromatic heterocycles. The normalized spacial score (nSPS) is 11.8. The van der Waals surface area contributed by atoms with E-state index in [0.29, 0.717) is 0 Å². The van der Waals surface area contributed by atoms with Crippen molar-refractivity contribution in [3.05, 3.63) is 12.0 Å². The monoisotopic (exact) mass is 1020 g/mol. The van der Waals surface area contributed by atoms with Gasteiger partial charge in [0.05, 0.1) is 33.0 Å². The van der Waals surface area contributed by atoms with Gasteiger partial charge in [-0.3, -0.25) is 22.9 Å². The molecule has 24 N–H and O–H groups in total.